The molecule has 3 rings (SSSR count). The molecule has 8 nitrogen and oxygen atoms in total. The summed E-state index contributed by atoms with van der Waals surface area (Å²) in [5.74, 6) is 0.155. The van der Waals surface area contributed by atoms with Gasteiger partial charge in [-0.05, 0) is 42.2 Å². The van der Waals surface area contributed by atoms with Gasteiger partial charge in [0.25, 0.3) is 11.8 Å². The molecule has 0 spiro atoms. The fourth-order valence-corrected chi connectivity index (χ4v) is 2.93. The van der Waals surface area contributed by atoms with Gasteiger partial charge in [0.05, 0.1) is 12.2 Å². The maximum absolute atomic E-state index is 12.3. The molecule has 0 saturated carbocycles. The first-order valence-corrected chi connectivity index (χ1v) is 10.4. The molecule has 1 N–H and O–H groups in total. The van der Waals surface area contributed by atoms with Crippen molar-refractivity contribution in [2.75, 3.05) is 13.2 Å². The number of rotatable bonds is 8. The standard InChI is InChI=1S/C24H27N3O5/c1-5-30-19-9-7-6-8-18(19)22-26-20(32-27-22)15-31-21(28)14-25-23(29)16-10-12-17(13-11-16)24(2,3)4/h6-13H,5,14-15H2,1-4H3,(H,25,29). The van der Waals surface area contributed by atoms with E-state index >= 15 is 0 Å². The zero-order chi connectivity index (χ0) is 23.1. The van der Waals surface area contributed by atoms with E-state index in [0.29, 0.717) is 29.3 Å². The molecule has 0 atom stereocenters. The molecule has 0 radical (unpaired) electrons. The van der Waals surface area contributed by atoms with E-state index in [1.807, 2.05) is 43.3 Å². The molecule has 1 amide bonds. The van der Waals surface area contributed by atoms with Crippen LogP contribution in [0.25, 0.3) is 11.4 Å². The molecular weight excluding hydrogens is 410 g/mol. The van der Waals surface area contributed by atoms with Gasteiger partial charge in [-0.3, -0.25) is 9.59 Å². The van der Waals surface area contributed by atoms with Gasteiger partial charge in [-0.2, -0.15) is 4.98 Å². The van der Waals surface area contributed by atoms with Gasteiger partial charge >= 0.3 is 5.97 Å². The number of aromatic nitrogens is 2. The van der Waals surface area contributed by atoms with Crippen molar-refractivity contribution >= 4 is 11.9 Å². The average Bonchev–Trinajstić information content (AvgIpc) is 3.25. The third kappa shape index (κ3) is 5.94. The Morgan fingerprint density at radius 2 is 1.78 bits per heavy atom. The lowest BCUT2D eigenvalue weighted by molar-refractivity contribution is -0.144. The zero-order valence-electron chi connectivity index (χ0n) is 18.7. The van der Waals surface area contributed by atoms with Gasteiger partial charge < -0.3 is 19.3 Å². The fraction of sp³-hybridized carbons (Fsp3) is 0.333. The molecule has 1 heterocycles. The summed E-state index contributed by atoms with van der Waals surface area (Å²) < 4.78 is 15.8. The molecule has 0 aliphatic rings. The molecule has 168 valence electrons. The molecular formula is C24H27N3O5. The highest BCUT2D eigenvalue weighted by Gasteiger charge is 2.16. The van der Waals surface area contributed by atoms with Crippen molar-refractivity contribution in [2.45, 2.75) is 39.7 Å². The van der Waals surface area contributed by atoms with Crippen LogP contribution in [0.5, 0.6) is 5.75 Å². The Bertz CT molecular complexity index is 1070. The van der Waals surface area contributed by atoms with E-state index < -0.39 is 5.97 Å². The Hall–Kier alpha value is -3.68. The number of benzene rings is 2. The van der Waals surface area contributed by atoms with Gasteiger partial charge in [0, 0.05) is 5.56 Å². The topological polar surface area (TPSA) is 104 Å². The van der Waals surface area contributed by atoms with Gasteiger partial charge in [-0.25, -0.2) is 0 Å². The second kappa shape index (κ2) is 10.1. The Morgan fingerprint density at radius 1 is 1.06 bits per heavy atom. The Kier molecular flexibility index (Phi) is 7.25. The quantitative estimate of drug-likeness (QED) is 0.533. The van der Waals surface area contributed by atoms with Crippen molar-refractivity contribution in [1.82, 2.24) is 15.5 Å². The molecule has 0 aliphatic carbocycles. The molecule has 8 heteroatoms. The molecule has 3 aromatic rings. The van der Waals surface area contributed by atoms with Gasteiger partial charge in [-0.15, -0.1) is 0 Å². The maximum Gasteiger partial charge on any atom is 0.325 e. The molecule has 32 heavy (non-hydrogen) atoms. The highest BCUT2D eigenvalue weighted by atomic mass is 16.6. The van der Waals surface area contributed by atoms with E-state index in [-0.39, 0.29) is 30.4 Å². The number of nitrogens with one attached hydrogen (secondary N) is 1. The predicted molar refractivity (Wildman–Crippen MR) is 118 cm³/mol. The number of nitrogens with zero attached hydrogens (tertiary/aromatic N) is 2. The second-order valence-corrected chi connectivity index (χ2v) is 8.11. The number of esters is 1. The second-order valence-electron chi connectivity index (χ2n) is 8.11. The van der Waals surface area contributed by atoms with E-state index in [1.54, 1.807) is 12.1 Å². The van der Waals surface area contributed by atoms with Crippen molar-refractivity contribution in [3.8, 4) is 17.1 Å². The summed E-state index contributed by atoms with van der Waals surface area (Å²) in [5.41, 5.74) is 2.27. The monoisotopic (exact) mass is 437 g/mol. The van der Waals surface area contributed by atoms with Gasteiger partial charge in [0.1, 0.15) is 12.3 Å². The number of ether oxygens (including phenoxy) is 2. The summed E-state index contributed by atoms with van der Waals surface area (Å²) >= 11 is 0. The van der Waals surface area contributed by atoms with E-state index in [9.17, 15) is 9.59 Å². The molecule has 2 aromatic carbocycles. The van der Waals surface area contributed by atoms with E-state index in [1.165, 1.54) is 0 Å². The van der Waals surface area contributed by atoms with Crippen LogP contribution < -0.4 is 10.1 Å². The first-order chi connectivity index (χ1) is 15.3. The lowest BCUT2D eigenvalue weighted by Crippen LogP contribution is -2.30. The van der Waals surface area contributed by atoms with Crippen LogP contribution in [0, 0.1) is 0 Å². The van der Waals surface area contributed by atoms with Gasteiger partial charge in [-0.1, -0.05) is 50.2 Å². The van der Waals surface area contributed by atoms with E-state index in [0.717, 1.165) is 5.56 Å². The predicted octanol–water partition coefficient (Wildman–Crippen LogP) is 3.91. The van der Waals surface area contributed by atoms with Crippen LogP contribution in [-0.4, -0.2) is 35.2 Å². The minimum Gasteiger partial charge on any atom is -0.493 e. The smallest absolute Gasteiger partial charge is 0.325 e. The third-order valence-corrected chi connectivity index (χ3v) is 4.66. The minimum absolute atomic E-state index is 0.00146. The maximum atomic E-state index is 12.3. The fourth-order valence-electron chi connectivity index (χ4n) is 2.93. The van der Waals surface area contributed by atoms with Crippen LogP contribution in [0.4, 0.5) is 0 Å². The number of hydrogen-bond donors (Lipinski definition) is 1. The third-order valence-electron chi connectivity index (χ3n) is 4.66. The highest BCUT2D eigenvalue weighted by Crippen LogP contribution is 2.27. The largest absolute Gasteiger partial charge is 0.493 e. The first kappa shape index (κ1) is 23.0. The van der Waals surface area contributed by atoms with Gasteiger partial charge in [0.15, 0.2) is 6.61 Å². The molecule has 1 aromatic heterocycles. The molecule has 0 aliphatic heterocycles. The van der Waals surface area contributed by atoms with Crippen molar-refractivity contribution in [2.24, 2.45) is 0 Å². The summed E-state index contributed by atoms with van der Waals surface area (Å²) in [6, 6.07) is 14.6. The summed E-state index contributed by atoms with van der Waals surface area (Å²) in [5, 5.41) is 6.47. The Morgan fingerprint density at radius 3 is 2.47 bits per heavy atom. The van der Waals surface area contributed by atoms with Crippen LogP contribution >= 0.6 is 0 Å². The normalized spacial score (nSPS) is 11.1. The highest BCUT2D eigenvalue weighted by molar-refractivity contribution is 5.95. The molecule has 0 saturated heterocycles. The van der Waals surface area contributed by atoms with E-state index in [2.05, 4.69) is 36.2 Å². The number of amides is 1. The first-order valence-electron chi connectivity index (χ1n) is 10.4. The summed E-state index contributed by atoms with van der Waals surface area (Å²) in [4.78, 5) is 28.5. The summed E-state index contributed by atoms with van der Waals surface area (Å²) in [6.45, 7) is 8.22. The summed E-state index contributed by atoms with van der Waals surface area (Å²) in [6.07, 6.45) is 0. The van der Waals surface area contributed by atoms with Crippen molar-refractivity contribution < 1.29 is 23.6 Å². The lowest BCUT2D eigenvalue weighted by Gasteiger charge is -2.19. The molecule has 0 unspecified atom stereocenters. The Labute approximate surface area is 186 Å². The minimum atomic E-state index is -0.612. The Balaban J connectivity index is 1.50. The van der Waals surface area contributed by atoms with Crippen molar-refractivity contribution in [1.29, 1.82) is 0 Å². The number of carbonyl (C=O) groups is 2. The van der Waals surface area contributed by atoms with Crippen LogP contribution in [0.3, 0.4) is 0 Å². The van der Waals surface area contributed by atoms with E-state index in [4.69, 9.17) is 14.0 Å². The lowest BCUT2D eigenvalue weighted by atomic mass is 9.87. The summed E-state index contributed by atoms with van der Waals surface area (Å²) in [7, 11) is 0. The van der Waals surface area contributed by atoms with Crippen LogP contribution in [0.2, 0.25) is 0 Å². The number of para-hydroxylation sites is 1. The average molecular weight is 437 g/mol. The van der Waals surface area contributed by atoms with Gasteiger partial charge in [0.2, 0.25) is 5.82 Å². The number of carbonyl (C=O) groups excluding carboxylic acids is 2. The SMILES string of the molecule is CCOc1ccccc1-c1noc(COC(=O)CNC(=O)c2ccc(C(C)(C)C)cc2)n1. The van der Waals surface area contributed by atoms with Crippen molar-refractivity contribution in [3.63, 3.8) is 0 Å². The number of hydrogen-bond acceptors (Lipinski definition) is 7. The zero-order valence-corrected chi connectivity index (χ0v) is 18.7. The van der Waals surface area contributed by atoms with Crippen LogP contribution in [0.1, 0.15) is 49.5 Å². The van der Waals surface area contributed by atoms with Crippen molar-refractivity contribution in [3.05, 3.63) is 65.5 Å². The van der Waals surface area contributed by atoms with Crippen LogP contribution in [-0.2, 0) is 21.6 Å². The molecule has 0 fully saturated rings. The van der Waals surface area contributed by atoms with Crippen LogP contribution in [0.15, 0.2) is 53.1 Å². The molecule has 0 bridgehead atoms.